The monoisotopic (exact) mass is 372 g/mol. The van der Waals surface area contributed by atoms with Crippen molar-refractivity contribution in [2.75, 3.05) is 0 Å². The number of hydrogen-bond acceptors (Lipinski definition) is 1. The van der Waals surface area contributed by atoms with Gasteiger partial charge < -0.3 is 9.88 Å². The third-order valence-electron chi connectivity index (χ3n) is 6.12. The maximum atomic E-state index is 3.79. The van der Waals surface area contributed by atoms with E-state index in [1.54, 1.807) is 0 Å². The van der Waals surface area contributed by atoms with E-state index in [0.717, 1.165) is 12.5 Å². The summed E-state index contributed by atoms with van der Waals surface area (Å²) in [6, 6.07) is 24.3. The number of rotatable bonds is 7. The SMILES string of the molecule is C[C@@H](CC1CCCCC1)NCc1ccccc1-n1cccc1-c1ccccc1. The molecule has 0 aliphatic heterocycles. The third-order valence-corrected chi connectivity index (χ3v) is 6.12. The fourth-order valence-electron chi connectivity index (χ4n) is 4.62. The van der Waals surface area contributed by atoms with Crippen molar-refractivity contribution in [2.24, 2.45) is 5.92 Å². The first-order valence-electron chi connectivity index (χ1n) is 10.9. The Hall–Kier alpha value is -2.32. The highest BCUT2D eigenvalue weighted by Crippen LogP contribution is 2.28. The Balaban J connectivity index is 1.48. The maximum absolute atomic E-state index is 3.79. The lowest BCUT2D eigenvalue weighted by atomic mass is 9.85. The molecule has 146 valence electrons. The molecule has 0 unspecified atom stereocenters. The van der Waals surface area contributed by atoms with E-state index in [1.165, 1.54) is 61.0 Å². The normalized spacial score (nSPS) is 16.2. The summed E-state index contributed by atoms with van der Waals surface area (Å²) in [4.78, 5) is 0. The molecular formula is C26H32N2. The van der Waals surface area contributed by atoms with E-state index in [1.807, 2.05) is 0 Å². The quantitative estimate of drug-likeness (QED) is 0.495. The average Bonchev–Trinajstić information content (AvgIpc) is 3.23. The van der Waals surface area contributed by atoms with Crippen LogP contribution in [0.3, 0.4) is 0 Å². The van der Waals surface area contributed by atoms with Gasteiger partial charge in [-0.05, 0) is 48.6 Å². The predicted molar refractivity (Wildman–Crippen MR) is 119 cm³/mol. The van der Waals surface area contributed by atoms with E-state index in [4.69, 9.17) is 0 Å². The number of aromatic nitrogens is 1. The van der Waals surface area contributed by atoms with Crippen molar-refractivity contribution < 1.29 is 0 Å². The first-order chi connectivity index (χ1) is 13.8. The number of benzene rings is 2. The first kappa shape index (κ1) is 19.0. The summed E-state index contributed by atoms with van der Waals surface area (Å²) in [6.45, 7) is 3.26. The molecule has 1 aromatic heterocycles. The number of para-hydroxylation sites is 1. The molecule has 2 aromatic carbocycles. The Morgan fingerprint density at radius 3 is 2.46 bits per heavy atom. The highest BCUT2D eigenvalue weighted by atomic mass is 15.0. The molecule has 1 saturated carbocycles. The minimum atomic E-state index is 0.564. The zero-order valence-electron chi connectivity index (χ0n) is 17.0. The van der Waals surface area contributed by atoms with Gasteiger partial charge in [-0.3, -0.25) is 0 Å². The molecule has 1 aliphatic carbocycles. The van der Waals surface area contributed by atoms with Crippen LogP contribution in [0, 0.1) is 5.92 Å². The van der Waals surface area contributed by atoms with E-state index < -0.39 is 0 Å². The minimum absolute atomic E-state index is 0.564. The summed E-state index contributed by atoms with van der Waals surface area (Å²) in [5, 5.41) is 3.79. The Kier molecular flexibility index (Phi) is 6.28. The van der Waals surface area contributed by atoms with Crippen LogP contribution in [0.15, 0.2) is 72.9 Å². The van der Waals surface area contributed by atoms with Gasteiger partial charge in [0, 0.05) is 18.8 Å². The van der Waals surface area contributed by atoms with Crippen LogP contribution >= 0.6 is 0 Å². The van der Waals surface area contributed by atoms with Crippen molar-refractivity contribution in [3.63, 3.8) is 0 Å². The van der Waals surface area contributed by atoms with Gasteiger partial charge in [-0.25, -0.2) is 0 Å². The van der Waals surface area contributed by atoms with Crippen molar-refractivity contribution in [1.82, 2.24) is 9.88 Å². The van der Waals surface area contributed by atoms with Crippen LogP contribution in [0.2, 0.25) is 0 Å². The standard InChI is InChI=1S/C26H32N2/c1-21(19-22-11-4-2-5-12-22)27-20-24-15-8-9-16-26(24)28-18-10-17-25(28)23-13-6-3-7-14-23/h3,6-10,13-18,21-22,27H,2,4-5,11-12,19-20H2,1H3/t21-/m0/s1. The Labute approximate surface area is 169 Å². The Morgan fingerprint density at radius 1 is 0.893 bits per heavy atom. The molecule has 1 heterocycles. The zero-order valence-corrected chi connectivity index (χ0v) is 17.0. The molecule has 1 aliphatic rings. The topological polar surface area (TPSA) is 17.0 Å². The van der Waals surface area contributed by atoms with Gasteiger partial charge in [0.1, 0.15) is 0 Å². The summed E-state index contributed by atoms with van der Waals surface area (Å²) in [7, 11) is 0. The van der Waals surface area contributed by atoms with Gasteiger partial charge in [-0.2, -0.15) is 0 Å². The lowest BCUT2D eigenvalue weighted by molar-refractivity contribution is 0.304. The fourth-order valence-corrected chi connectivity index (χ4v) is 4.62. The third kappa shape index (κ3) is 4.56. The molecule has 1 fully saturated rings. The van der Waals surface area contributed by atoms with Crippen molar-refractivity contribution in [2.45, 2.75) is 58.0 Å². The van der Waals surface area contributed by atoms with Gasteiger partial charge >= 0.3 is 0 Å². The fraction of sp³-hybridized carbons (Fsp3) is 0.385. The van der Waals surface area contributed by atoms with E-state index in [-0.39, 0.29) is 0 Å². The molecule has 0 radical (unpaired) electrons. The lowest BCUT2D eigenvalue weighted by Gasteiger charge is -2.25. The molecule has 0 saturated heterocycles. The van der Waals surface area contributed by atoms with Gasteiger partial charge in [-0.1, -0.05) is 80.6 Å². The number of nitrogens with zero attached hydrogens (tertiary/aromatic N) is 1. The van der Waals surface area contributed by atoms with Crippen LogP contribution in [-0.4, -0.2) is 10.6 Å². The first-order valence-corrected chi connectivity index (χ1v) is 10.9. The van der Waals surface area contributed by atoms with Gasteiger partial charge in [-0.15, -0.1) is 0 Å². The van der Waals surface area contributed by atoms with Crippen LogP contribution in [0.5, 0.6) is 0 Å². The van der Waals surface area contributed by atoms with E-state index in [0.29, 0.717) is 6.04 Å². The van der Waals surface area contributed by atoms with E-state index in [9.17, 15) is 0 Å². The van der Waals surface area contributed by atoms with Gasteiger partial charge in [0.15, 0.2) is 0 Å². The zero-order chi connectivity index (χ0) is 19.2. The van der Waals surface area contributed by atoms with Gasteiger partial charge in [0.2, 0.25) is 0 Å². The Morgan fingerprint density at radius 2 is 1.64 bits per heavy atom. The molecule has 0 bridgehead atoms. The summed E-state index contributed by atoms with van der Waals surface area (Å²) in [6.07, 6.45) is 10.6. The molecule has 1 atom stereocenters. The average molecular weight is 373 g/mol. The van der Waals surface area contributed by atoms with Crippen LogP contribution < -0.4 is 5.32 Å². The van der Waals surface area contributed by atoms with E-state index in [2.05, 4.69) is 89.7 Å². The highest BCUT2D eigenvalue weighted by Gasteiger charge is 2.17. The van der Waals surface area contributed by atoms with Crippen molar-refractivity contribution >= 4 is 0 Å². The van der Waals surface area contributed by atoms with Crippen molar-refractivity contribution in [3.05, 3.63) is 78.5 Å². The molecule has 2 heteroatoms. The molecule has 3 aromatic rings. The minimum Gasteiger partial charge on any atom is -0.316 e. The number of hydrogen-bond donors (Lipinski definition) is 1. The van der Waals surface area contributed by atoms with Gasteiger partial charge in [0.05, 0.1) is 11.4 Å². The van der Waals surface area contributed by atoms with Gasteiger partial charge in [0.25, 0.3) is 0 Å². The van der Waals surface area contributed by atoms with E-state index >= 15 is 0 Å². The molecule has 1 N–H and O–H groups in total. The summed E-state index contributed by atoms with van der Waals surface area (Å²) in [5.41, 5.74) is 5.11. The smallest absolute Gasteiger partial charge is 0.0528 e. The maximum Gasteiger partial charge on any atom is 0.0528 e. The predicted octanol–water partition coefficient (Wildman–Crippen LogP) is 6.59. The molecule has 2 nitrogen and oxygen atoms in total. The second kappa shape index (κ2) is 9.25. The largest absolute Gasteiger partial charge is 0.316 e. The van der Waals surface area contributed by atoms with Crippen molar-refractivity contribution in [1.29, 1.82) is 0 Å². The van der Waals surface area contributed by atoms with Crippen LogP contribution in [-0.2, 0) is 6.54 Å². The van der Waals surface area contributed by atoms with Crippen LogP contribution in [0.25, 0.3) is 16.9 Å². The molecule has 4 rings (SSSR count). The summed E-state index contributed by atoms with van der Waals surface area (Å²) >= 11 is 0. The van der Waals surface area contributed by atoms with Crippen LogP contribution in [0.4, 0.5) is 0 Å². The molecule has 0 amide bonds. The highest BCUT2D eigenvalue weighted by molar-refractivity contribution is 5.63. The Bertz CT molecular complexity index is 859. The lowest BCUT2D eigenvalue weighted by Crippen LogP contribution is -2.29. The second-order valence-electron chi connectivity index (χ2n) is 8.28. The summed E-state index contributed by atoms with van der Waals surface area (Å²) in [5.74, 6) is 0.917. The second-order valence-corrected chi connectivity index (χ2v) is 8.28. The summed E-state index contributed by atoms with van der Waals surface area (Å²) < 4.78 is 2.32. The van der Waals surface area contributed by atoms with Crippen LogP contribution in [0.1, 0.15) is 51.0 Å². The number of nitrogens with one attached hydrogen (secondary N) is 1. The molecule has 0 spiro atoms. The molecule has 28 heavy (non-hydrogen) atoms. The van der Waals surface area contributed by atoms with Crippen molar-refractivity contribution in [3.8, 4) is 16.9 Å². The molecular weight excluding hydrogens is 340 g/mol.